The Kier molecular flexibility index (Phi) is 5.72. The lowest BCUT2D eigenvalue weighted by Crippen LogP contribution is -2.12. The highest BCUT2D eigenvalue weighted by atomic mass is 79.9. The molecule has 2 rings (SSSR count). The van der Waals surface area contributed by atoms with Crippen LogP contribution in [-0.4, -0.2) is 13.0 Å². The summed E-state index contributed by atoms with van der Waals surface area (Å²) < 4.78 is 19.5. The second-order valence-electron chi connectivity index (χ2n) is 5.02. The minimum Gasteiger partial charge on any atom is -0.496 e. The van der Waals surface area contributed by atoms with Crippen LogP contribution in [0.3, 0.4) is 0 Å². The van der Waals surface area contributed by atoms with Crippen LogP contribution in [0.5, 0.6) is 5.75 Å². The summed E-state index contributed by atoms with van der Waals surface area (Å²) in [5.41, 5.74) is 7.21. The maximum atomic E-state index is 13.3. The number of amides is 1. The highest BCUT2D eigenvalue weighted by molar-refractivity contribution is 9.10. The van der Waals surface area contributed by atoms with E-state index in [4.69, 9.17) is 15.7 Å². The number of rotatable bonds is 5. The van der Waals surface area contributed by atoms with Gasteiger partial charge in [-0.05, 0) is 41.5 Å². The number of carbonyl (C=O) groups is 1. The van der Waals surface area contributed by atoms with Gasteiger partial charge in [-0.25, -0.2) is 4.39 Å². The molecular weight excluding hydrogens is 375 g/mol. The molecule has 6 heteroatoms. The van der Waals surface area contributed by atoms with Gasteiger partial charge in [0.15, 0.2) is 0 Å². The molecule has 2 aromatic carbocycles. The SMILES string of the molecule is COc1cc(/C=C(\C#N)C(N)=O)cc(Br)c1Cc1cccc(F)c1. The Bertz CT molecular complexity index is 857. The van der Waals surface area contributed by atoms with Crippen LogP contribution >= 0.6 is 15.9 Å². The highest BCUT2D eigenvalue weighted by Gasteiger charge is 2.12. The van der Waals surface area contributed by atoms with Crippen LogP contribution in [0.2, 0.25) is 0 Å². The lowest BCUT2D eigenvalue weighted by molar-refractivity contribution is -0.114. The second-order valence-corrected chi connectivity index (χ2v) is 5.88. The molecular formula is C18H14BrFN2O2. The summed E-state index contributed by atoms with van der Waals surface area (Å²) in [5, 5.41) is 8.93. The predicted molar refractivity (Wildman–Crippen MR) is 92.7 cm³/mol. The Morgan fingerprint density at radius 3 is 2.75 bits per heavy atom. The number of carbonyl (C=O) groups excluding carboxylic acids is 1. The lowest BCUT2D eigenvalue weighted by Gasteiger charge is -2.12. The molecule has 0 saturated carbocycles. The highest BCUT2D eigenvalue weighted by Crippen LogP contribution is 2.32. The zero-order valence-corrected chi connectivity index (χ0v) is 14.4. The molecule has 122 valence electrons. The number of primary amides is 1. The molecule has 0 bridgehead atoms. The van der Waals surface area contributed by atoms with Crippen molar-refractivity contribution < 1.29 is 13.9 Å². The number of methoxy groups -OCH3 is 1. The first kappa shape index (κ1) is 17.7. The Morgan fingerprint density at radius 1 is 1.42 bits per heavy atom. The molecule has 0 atom stereocenters. The van der Waals surface area contributed by atoms with E-state index in [-0.39, 0.29) is 11.4 Å². The molecule has 0 saturated heterocycles. The van der Waals surface area contributed by atoms with Crippen LogP contribution in [-0.2, 0) is 11.2 Å². The number of halogens is 2. The summed E-state index contributed by atoms with van der Waals surface area (Å²) >= 11 is 3.46. The third-order valence-corrected chi connectivity index (χ3v) is 4.07. The number of ether oxygens (including phenoxy) is 1. The molecule has 0 aliphatic rings. The van der Waals surface area contributed by atoms with Gasteiger partial charge in [0.25, 0.3) is 5.91 Å². The van der Waals surface area contributed by atoms with Crippen molar-refractivity contribution in [2.45, 2.75) is 6.42 Å². The summed E-state index contributed by atoms with van der Waals surface area (Å²) in [6.07, 6.45) is 1.86. The maximum absolute atomic E-state index is 13.3. The molecule has 1 amide bonds. The van der Waals surface area contributed by atoms with Gasteiger partial charge in [0, 0.05) is 16.5 Å². The van der Waals surface area contributed by atoms with E-state index in [1.54, 1.807) is 24.3 Å². The molecule has 0 aliphatic heterocycles. The van der Waals surface area contributed by atoms with Gasteiger partial charge in [-0.1, -0.05) is 28.1 Å². The summed E-state index contributed by atoms with van der Waals surface area (Å²) in [6.45, 7) is 0. The van der Waals surface area contributed by atoms with Gasteiger partial charge in [-0.3, -0.25) is 4.79 Å². The number of nitrogens with zero attached hydrogens (tertiary/aromatic N) is 1. The van der Waals surface area contributed by atoms with Crippen LogP contribution in [0, 0.1) is 17.1 Å². The normalized spacial score (nSPS) is 11.0. The summed E-state index contributed by atoms with van der Waals surface area (Å²) in [7, 11) is 1.52. The van der Waals surface area contributed by atoms with Crippen molar-refractivity contribution in [3.8, 4) is 11.8 Å². The number of hydrogen-bond donors (Lipinski definition) is 1. The Morgan fingerprint density at radius 2 is 2.17 bits per heavy atom. The second kappa shape index (κ2) is 7.75. The fourth-order valence-electron chi connectivity index (χ4n) is 2.24. The van der Waals surface area contributed by atoms with E-state index in [0.717, 1.165) is 15.6 Å². The van der Waals surface area contributed by atoms with Crippen LogP contribution in [0.25, 0.3) is 6.08 Å². The molecule has 0 radical (unpaired) electrons. The smallest absolute Gasteiger partial charge is 0.259 e. The van der Waals surface area contributed by atoms with Gasteiger partial charge < -0.3 is 10.5 Å². The van der Waals surface area contributed by atoms with Crippen molar-refractivity contribution in [2.24, 2.45) is 5.73 Å². The van der Waals surface area contributed by atoms with E-state index < -0.39 is 5.91 Å². The molecule has 0 aromatic heterocycles. The van der Waals surface area contributed by atoms with E-state index in [0.29, 0.717) is 17.7 Å². The Balaban J connectivity index is 2.45. The number of benzene rings is 2. The number of hydrogen-bond acceptors (Lipinski definition) is 3. The zero-order chi connectivity index (χ0) is 17.7. The van der Waals surface area contributed by atoms with Gasteiger partial charge in [-0.2, -0.15) is 5.26 Å². The van der Waals surface area contributed by atoms with Crippen molar-refractivity contribution in [3.05, 3.63) is 69.0 Å². The molecule has 0 aliphatic carbocycles. The molecule has 4 nitrogen and oxygen atoms in total. The first-order chi connectivity index (χ1) is 11.4. The van der Waals surface area contributed by atoms with Crippen molar-refractivity contribution >= 4 is 27.9 Å². The molecule has 0 spiro atoms. The third kappa shape index (κ3) is 4.21. The average molecular weight is 389 g/mol. The van der Waals surface area contributed by atoms with Crippen LogP contribution in [0.1, 0.15) is 16.7 Å². The lowest BCUT2D eigenvalue weighted by atomic mass is 10.0. The Hall–Kier alpha value is -2.65. The van der Waals surface area contributed by atoms with E-state index >= 15 is 0 Å². The quantitative estimate of drug-likeness (QED) is 0.628. The van der Waals surface area contributed by atoms with Crippen molar-refractivity contribution in [2.75, 3.05) is 7.11 Å². The summed E-state index contributed by atoms with van der Waals surface area (Å²) in [5.74, 6) is -0.541. The molecule has 24 heavy (non-hydrogen) atoms. The van der Waals surface area contributed by atoms with Gasteiger partial charge in [0.1, 0.15) is 23.2 Å². The molecule has 0 heterocycles. The standard InChI is InChI=1S/C18H14BrFN2O2/c1-24-17-9-12(5-13(10-21)18(22)23)8-16(19)15(17)7-11-3-2-4-14(20)6-11/h2-6,8-9H,7H2,1H3,(H2,22,23)/b13-5+. The van der Waals surface area contributed by atoms with Crippen molar-refractivity contribution in [3.63, 3.8) is 0 Å². The average Bonchev–Trinajstić information content (AvgIpc) is 2.54. The molecule has 0 fully saturated rings. The van der Waals surface area contributed by atoms with Gasteiger partial charge in [0.2, 0.25) is 0 Å². The molecule has 2 aromatic rings. The summed E-state index contributed by atoms with van der Waals surface area (Å²) in [4.78, 5) is 11.2. The van der Waals surface area contributed by atoms with E-state index in [2.05, 4.69) is 15.9 Å². The van der Waals surface area contributed by atoms with Gasteiger partial charge in [0.05, 0.1) is 7.11 Å². The predicted octanol–water partition coefficient (Wildman–Crippen LogP) is 3.58. The zero-order valence-electron chi connectivity index (χ0n) is 12.8. The van der Waals surface area contributed by atoms with Crippen LogP contribution < -0.4 is 10.5 Å². The largest absolute Gasteiger partial charge is 0.496 e. The summed E-state index contributed by atoms with van der Waals surface area (Å²) in [6, 6.07) is 11.5. The maximum Gasteiger partial charge on any atom is 0.259 e. The van der Waals surface area contributed by atoms with Crippen LogP contribution in [0.4, 0.5) is 4.39 Å². The topological polar surface area (TPSA) is 76.1 Å². The van der Waals surface area contributed by atoms with E-state index in [9.17, 15) is 9.18 Å². The van der Waals surface area contributed by atoms with E-state index in [1.807, 2.05) is 6.07 Å². The van der Waals surface area contributed by atoms with Gasteiger partial charge >= 0.3 is 0 Å². The first-order valence-corrected chi connectivity index (χ1v) is 7.76. The number of nitrogens with two attached hydrogens (primary N) is 1. The monoisotopic (exact) mass is 388 g/mol. The van der Waals surface area contributed by atoms with Crippen molar-refractivity contribution in [1.82, 2.24) is 0 Å². The van der Waals surface area contributed by atoms with Gasteiger partial charge in [-0.15, -0.1) is 0 Å². The first-order valence-electron chi connectivity index (χ1n) is 6.97. The Labute approximate surface area is 147 Å². The van der Waals surface area contributed by atoms with E-state index in [1.165, 1.54) is 25.3 Å². The molecule has 0 unspecified atom stereocenters. The van der Waals surface area contributed by atoms with Crippen molar-refractivity contribution in [1.29, 1.82) is 5.26 Å². The molecule has 2 N–H and O–H groups in total. The third-order valence-electron chi connectivity index (χ3n) is 3.36. The minimum absolute atomic E-state index is 0.151. The fourth-order valence-corrected chi connectivity index (χ4v) is 2.84. The minimum atomic E-state index is -0.795. The number of nitriles is 1. The fraction of sp³-hybridized carbons (Fsp3) is 0.111. The van der Waals surface area contributed by atoms with Crippen LogP contribution in [0.15, 0.2) is 46.4 Å².